The van der Waals surface area contributed by atoms with Gasteiger partial charge in [0.2, 0.25) is 0 Å². The Morgan fingerprint density at radius 3 is 2.41 bits per heavy atom. The van der Waals surface area contributed by atoms with Crippen molar-refractivity contribution in [3.05, 3.63) is 52.0 Å². The zero-order valence-electron chi connectivity index (χ0n) is 17.4. The Labute approximate surface area is 195 Å². The van der Waals surface area contributed by atoms with Crippen LogP contribution in [0.1, 0.15) is 18.9 Å². The second kappa shape index (κ2) is 12.5. The van der Waals surface area contributed by atoms with E-state index >= 15 is 0 Å². The number of carbonyl (C=O) groups is 3. The summed E-state index contributed by atoms with van der Waals surface area (Å²) >= 11 is 11.8. The Morgan fingerprint density at radius 2 is 1.75 bits per heavy atom. The van der Waals surface area contributed by atoms with Gasteiger partial charge in [-0.05, 0) is 48.4 Å². The van der Waals surface area contributed by atoms with Crippen molar-refractivity contribution in [2.75, 3.05) is 25.6 Å². The molecule has 3 amide bonds. The molecule has 2 aromatic carbocycles. The Hall–Kier alpha value is -3.30. The van der Waals surface area contributed by atoms with Gasteiger partial charge in [-0.2, -0.15) is 5.10 Å². The number of hydrazone groups is 1. The first-order chi connectivity index (χ1) is 15.3. The molecule has 0 saturated carbocycles. The van der Waals surface area contributed by atoms with Crippen LogP contribution in [0.25, 0.3) is 0 Å². The highest BCUT2D eigenvalue weighted by atomic mass is 35.5. The number of benzene rings is 2. The predicted octanol–water partition coefficient (Wildman–Crippen LogP) is 3.00. The monoisotopic (exact) mass is 480 g/mol. The average molecular weight is 481 g/mol. The van der Waals surface area contributed by atoms with Crippen LogP contribution in [-0.4, -0.2) is 44.2 Å². The van der Waals surface area contributed by atoms with Gasteiger partial charge in [0.05, 0.1) is 13.3 Å². The fourth-order valence-corrected chi connectivity index (χ4v) is 2.91. The number of nitrogens with one attached hydrogen (secondary N) is 3. The second-order valence-electron chi connectivity index (χ2n) is 6.36. The topological polar surface area (TPSA) is 118 Å². The standard InChI is InChI=1S/C21H22Cl2N4O5/c1-3-6-24-20(29)21(30)27-25-11-13-4-5-17(18(7-13)31-2)32-12-19(28)26-16-9-14(22)8-15(23)10-16/h4-5,7-11H,3,6,12H2,1-2H3,(H,24,29)(H,26,28)(H,27,30)/b25-11-. The number of ether oxygens (including phenoxy) is 2. The summed E-state index contributed by atoms with van der Waals surface area (Å²) in [6.07, 6.45) is 2.06. The van der Waals surface area contributed by atoms with E-state index in [4.69, 9.17) is 32.7 Å². The molecule has 170 valence electrons. The summed E-state index contributed by atoms with van der Waals surface area (Å²) in [7, 11) is 1.44. The Bertz CT molecular complexity index is 993. The summed E-state index contributed by atoms with van der Waals surface area (Å²) in [5, 5.41) is 9.61. The van der Waals surface area contributed by atoms with E-state index in [0.29, 0.717) is 45.8 Å². The smallest absolute Gasteiger partial charge is 0.329 e. The lowest BCUT2D eigenvalue weighted by atomic mass is 10.2. The first-order valence-corrected chi connectivity index (χ1v) is 10.3. The zero-order chi connectivity index (χ0) is 23.5. The molecular weight excluding hydrogens is 459 g/mol. The van der Waals surface area contributed by atoms with E-state index < -0.39 is 17.7 Å². The van der Waals surface area contributed by atoms with Crippen LogP contribution in [0.3, 0.4) is 0 Å². The van der Waals surface area contributed by atoms with Crippen LogP contribution in [-0.2, 0) is 14.4 Å². The molecule has 0 atom stereocenters. The van der Waals surface area contributed by atoms with Crippen LogP contribution in [0.5, 0.6) is 11.5 Å². The van der Waals surface area contributed by atoms with Gasteiger partial charge in [-0.25, -0.2) is 5.43 Å². The maximum atomic E-state index is 12.1. The number of hydrogen-bond donors (Lipinski definition) is 3. The van der Waals surface area contributed by atoms with Gasteiger partial charge in [0.15, 0.2) is 18.1 Å². The van der Waals surface area contributed by atoms with Crippen LogP contribution in [0, 0.1) is 0 Å². The predicted molar refractivity (Wildman–Crippen MR) is 123 cm³/mol. The molecule has 0 aromatic heterocycles. The Morgan fingerprint density at radius 1 is 1.03 bits per heavy atom. The molecule has 0 aliphatic heterocycles. The molecule has 0 spiro atoms. The van der Waals surface area contributed by atoms with Crippen LogP contribution in [0.15, 0.2) is 41.5 Å². The van der Waals surface area contributed by atoms with Gasteiger partial charge in [-0.3, -0.25) is 14.4 Å². The number of amides is 3. The molecule has 0 radical (unpaired) electrons. The van der Waals surface area contributed by atoms with Crippen LogP contribution in [0.4, 0.5) is 5.69 Å². The molecule has 0 bridgehead atoms. The van der Waals surface area contributed by atoms with Crippen LogP contribution >= 0.6 is 23.2 Å². The lowest BCUT2D eigenvalue weighted by Gasteiger charge is -2.12. The molecule has 0 unspecified atom stereocenters. The summed E-state index contributed by atoms with van der Waals surface area (Å²) in [5.41, 5.74) is 3.15. The maximum Gasteiger partial charge on any atom is 0.329 e. The molecule has 0 aliphatic rings. The third-order valence-corrected chi connectivity index (χ3v) is 4.25. The molecule has 9 nitrogen and oxygen atoms in total. The van der Waals surface area contributed by atoms with Gasteiger partial charge in [0, 0.05) is 22.3 Å². The van der Waals surface area contributed by atoms with Gasteiger partial charge in [-0.1, -0.05) is 30.1 Å². The summed E-state index contributed by atoms with van der Waals surface area (Å²) in [4.78, 5) is 35.2. The van der Waals surface area contributed by atoms with Gasteiger partial charge in [0.1, 0.15) is 0 Å². The van der Waals surface area contributed by atoms with Gasteiger partial charge in [-0.15, -0.1) is 0 Å². The van der Waals surface area contributed by atoms with E-state index in [1.54, 1.807) is 36.4 Å². The first-order valence-electron chi connectivity index (χ1n) is 9.50. The number of anilines is 1. The van der Waals surface area contributed by atoms with E-state index in [-0.39, 0.29) is 6.61 Å². The van der Waals surface area contributed by atoms with Gasteiger partial charge < -0.3 is 20.1 Å². The number of methoxy groups -OCH3 is 1. The molecule has 0 fully saturated rings. The highest BCUT2D eigenvalue weighted by Gasteiger charge is 2.12. The number of carbonyl (C=O) groups excluding carboxylic acids is 3. The third kappa shape index (κ3) is 8.09. The van der Waals surface area contributed by atoms with E-state index in [9.17, 15) is 14.4 Å². The zero-order valence-corrected chi connectivity index (χ0v) is 18.9. The normalized spacial score (nSPS) is 10.5. The molecule has 11 heteroatoms. The van der Waals surface area contributed by atoms with Crippen molar-refractivity contribution in [3.63, 3.8) is 0 Å². The molecule has 0 aliphatic carbocycles. The molecule has 2 rings (SSSR count). The van der Waals surface area contributed by atoms with Crippen molar-refractivity contribution in [1.29, 1.82) is 0 Å². The van der Waals surface area contributed by atoms with Crippen molar-refractivity contribution in [2.24, 2.45) is 5.10 Å². The van der Waals surface area contributed by atoms with E-state index in [1.165, 1.54) is 13.3 Å². The summed E-state index contributed by atoms with van der Waals surface area (Å²) in [6, 6.07) is 9.49. The van der Waals surface area contributed by atoms with Crippen LogP contribution < -0.4 is 25.5 Å². The molecule has 32 heavy (non-hydrogen) atoms. The van der Waals surface area contributed by atoms with E-state index in [1.807, 2.05) is 6.92 Å². The van der Waals surface area contributed by atoms with Crippen LogP contribution in [0.2, 0.25) is 10.0 Å². The van der Waals surface area contributed by atoms with Crippen molar-refractivity contribution < 1.29 is 23.9 Å². The van der Waals surface area contributed by atoms with Crippen molar-refractivity contribution in [3.8, 4) is 11.5 Å². The number of halogens is 2. The largest absolute Gasteiger partial charge is 0.493 e. The summed E-state index contributed by atoms with van der Waals surface area (Å²) in [5.74, 6) is -1.37. The Balaban J connectivity index is 1.93. The highest BCUT2D eigenvalue weighted by Crippen LogP contribution is 2.28. The lowest BCUT2D eigenvalue weighted by Crippen LogP contribution is -2.38. The number of hydrogen-bond acceptors (Lipinski definition) is 6. The van der Waals surface area contributed by atoms with Crippen molar-refractivity contribution >= 4 is 52.8 Å². The minimum Gasteiger partial charge on any atom is -0.493 e. The minimum absolute atomic E-state index is 0.281. The number of rotatable bonds is 9. The molecule has 0 saturated heterocycles. The molecule has 3 N–H and O–H groups in total. The minimum atomic E-state index is -0.867. The lowest BCUT2D eigenvalue weighted by molar-refractivity contribution is -0.139. The SMILES string of the molecule is CCCNC(=O)C(=O)N/N=C\c1ccc(OCC(=O)Nc2cc(Cl)cc(Cl)c2)c(OC)c1. The summed E-state index contributed by atoms with van der Waals surface area (Å²) in [6.45, 7) is 2.00. The second-order valence-corrected chi connectivity index (χ2v) is 7.23. The van der Waals surface area contributed by atoms with E-state index in [2.05, 4.69) is 21.2 Å². The Kier molecular flexibility index (Phi) is 9.77. The summed E-state index contributed by atoms with van der Waals surface area (Å²) < 4.78 is 10.8. The third-order valence-electron chi connectivity index (χ3n) is 3.81. The first kappa shape index (κ1) is 25.0. The maximum absolute atomic E-state index is 12.1. The fourth-order valence-electron chi connectivity index (χ4n) is 2.39. The van der Waals surface area contributed by atoms with E-state index in [0.717, 1.165) is 0 Å². The van der Waals surface area contributed by atoms with Gasteiger partial charge >= 0.3 is 11.8 Å². The van der Waals surface area contributed by atoms with Crippen molar-refractivity contribution in [1.82, 2.24) is 10.7 Å². The van der Waals surface area contributed by atoms with Gasteiger partial charge in [0.25, 0.3) is 5.91 Å². The number of nitrogens with zero attached hydrogens (tertiary/aromatic N) is 1. The molecular formula is C21H22Cl2N4O5. The van der Waals surface area contributed by atoms with Crippen molar-refractivity contribution in [2.45, 2.75) is 13.3 Å². The quantitative estimate of drug-likeness (QED) is 0.289. The molecule has 0 heterocycles. The fraction of sp³-hybridized carbons (Fsp3) is 0.238. The molecule has 2 aromatic rings. The average Bonchev–Trinajstić information content (AvgIpc) is 2.75. The highest BCUT2D eigenvalue weighted by molar-refractivity contribution is 6.35.